The summed E-state index contributed by atoms with van der Waals surface area (Å²) in [5, 5.41) is 3.72. The first-order chi connectivity index (χ1) is 5.94. The summed E-state index contributed by atoms with van der Waals surface area (Å²) in [7, 11) is 0. The maximum Gasteiger partial charge on any atom is 0.0937 e. The summed E-state index contributed by atoms with van der Waals surface area (Å²) in [5.41, 5.74) is 0.270. The first-order valence-corrected chi connectivity index (χ1v) is 6.01. The van der Waals surface area contributed by atoms with Crippen molar-refractivity contribution in [3.63, 3.8) is 0 Å². The quantitative estimate of drug-likeness (QED) is 0.647. The van der Waals surface area contributed by atoms with E-state index >= 15 is 0 Å². The predicted molar refractivity (Wildman–Crippen MR) is 57.0 cm³/mol. The van der Waals surface area contributed by atoms with E-state index in [0.29, 0.717) is 12.2 Å². The number of thioether (sulfide) groups is 1. The Balaban J connectivity index is 2.15. The Morgan fingerprint density at radius 2 is 2.08 bits per heavy atom. The van der Waals surface area contributed by atoms with Crippen molar-refractivity contribution in [2.24, 2.45) is 0 Å². The van der Waals surface area contributed by atoms with E-state index in [2.05, 4.69) is 33.0 Å². The third-order valence-electron chi connectivity index (χ3n) is 2.92. The van der Waals surface area contributed by atoms with E-state index in [9.17, 15) is 0 Å². The summed E-state index contributed by atoms with van der Waals surface area (Å²) >= 11 is 2.03. The number of rotatable bonds is 0. The molecule has 1 spiro atoms. The molecule has 2 aliphatic rings. The molecule has 2 saturated heterocycles. The SMILES string of the molecule is CC1CC2(NC(C)(C)CS2)C(C)O1. The van der Waals surface area contributed by atoms with Crippen molar-refractivity contribution in [1.29, 1.82) is 0 Å². The molecule has 0 amide bonds. The van der Waals surface area contributed by atoms with Gasteiger partial charge < -0.3 is 4.74 Å². The monoisotopic (exact) mass is 201 g/mol. The summed E-state index contributed by atoms with van der Waals surface area (Å²) in [6.45, 7) is 8.89. The number of hydrogen-bond acceptors (Lipinski definition) is 3. The number of hydrogen-bond donors (Lipinski definition) is 1. The normalized spacial score (nSPS) is 48.9. The van der Waals surface area contributed by atoms with Crippen LogP contribution < -0.4 is 5.32 Å². The lowest BCUT2D eigenvalue weighted by Crippen LogP contribution is -2.50. The van der Waals surface area contributed by atoms with Gasteiger partial charge >= 0.3 is 0 Å². The van der Waals surface area contributed by atoms with E-state index in [-0.39, 0.29) is 10.4 Å². The molecular weight excluding hydrogens is 182 g/mol. The molecule has 1 N–H and O–H groups in total. The van der Waals surface area contributed by atoms with Crippen LogP contribution in [0.15, 0.2) is 0 Å². The van der Waals surface area contributed by atoms with Gasteiger partial charge in [-0.05, 0) is 27.7 Å². The molecule has 2 nitrogen and oxygen atoms in total. The number of nitrogens with one attached hydrogen (secondary N) is 1. The van der Waals surface area contributed by atoms with Gasteiger partial charge in [0.25, 0.3) is 0 Å². The van der Waals surface area contributed by atoms with Crippen molar-refractivity contribution < 1.29 is 4.74 Å². The highest BCUT2D eigenvalue weighted by molar-refractivity contribution is 8.01. The molecule has 3 atom stereocenters. The van der Waals surface area contributed by atoms with Crippen molar-refractivity contribution in [3.8, 4) is 0 Å². The van der Waals surface area contributed by atoms with Gasteiger partial charge in [0.15, 0.2) is 0 Å². The largest absolute Gasteiger partial charge is 0.373 e. The van der Waals surface area contributed by atoms with E-state index in [0.717, 1.165) is 6.42 Å². The van der Waals surface area contributed by atoms with Gasteiger partial charge in [0, 0.05) is 17.7 Å². The highest BCUT2D eigenvalue weighted by Gasteiger charge is 2.52. The van der Waals surface area contributed by atoms with Gasteiger partial charge in [-0.15, -0.1) is 11.8 Å². The van der Waals surface area contributed by atoms with Gasteiger partial charge in [0.05, 0.1) is 17.1 Å². The molecule has 2 heterocycles. The van der Waals surface area contributed by atoms with Crippen LogP contribution in [0.5, 0.6) is 0 Å². The van der Waals surface area contributed by atoms with Crippen LogP contribution >= 0.6 is 11.8 Å². The Hall–Kier alpha value is 0.270. The summed E-state index contributed by atoms with van der Waals surface area (Å²) in [4.78, 5) is 0.197. The first-order valence-electron chi connectivity index (χ1n) is 5.02. The van der Waals surface area contributed by atoms with Gasteiger partial charge in [-0.3, -0.25) is 5.32 Å². The minimum atomic E-state index is 0.197. The molecule has 13 heavy (non-hydrogen) atoms. The maximum atomic E-state index is 5.81. The van der Waals surface area contributed by atoms with Crippen LogP contribution in [0, 0.1) is 0 Å². The lowest BCUT2D eigenvalue weighted by Gasteiger charge is -2.29. The lowest BCUT2D eigenvalue weighted by molar-refractivity contribution is 0.0555. The molecule has 0 bridgehead atoms. The van der Waals surface area contributed by atoms with Crippen LogP contribution in [0.2, 0.25) is 0 Å². The molecule has 0 aromatic carbocycles. The first kappa shape index (κ1) is 9.81. The summed E-state index contributed by atoms with van der Waals surface area (Å²) in [5.74, 6) is 1.19. The van der Waals surface area contributed by atoms with E-state index in [1.807, 2.05) is 11.8 Å². The van der Waals surface area contributed by atoms with Gasteiger partial charge in [0.2, 0.25) is 0 Å². The molecule has 2 aliphatic heterocycles. The Morgan fingerprint density at radius 1 is 1.38 bits per heavy atom. The van der Waals surface area contributed by atoms with Crippen LogP contribution in [0.4, 0.5) is 0 Å². The molecule has 76 valence electrons. The van der Waals surface area contributed by atoms with Crippen LogP contribution in [0.3, 0.4) is 0 Å². The van der Waals surface area contributed by atoms with Crippen molar-refractivity contribution >= 4 is 11.8 Å². The third-order valence-corrected chi connectivity index (χ3v) is 4.91. The Bertz CT molecular complexity index is 219. The molecule has 0 aromatic heterocycles. The minimum Gasteiger partial charge on any atom is -0.373 e. The predicted octanol–water partition coefficient (Wildman–Crippen LogP) is 2.00. The Labute approximate surface area is 84.8 Å². The molecule has 3 unspecified atom stereocenters. The van der Waals surface area contributed by atoms with Crippen LogP contribution in [-0.4, -0.2) is 28.4 Å². The standard InChI is InChI=1S/C10H19NOS/c1-7-5-10(8(2)12-7)11-9(3,4)6-13-10/h7-8,11H,5-6H2,1-4H3. The van der Waals surface area contributed by atoms with Crippen molar-refractivity contribution in [3.05, 3.63) is 0 Å². The van der Waals surface area contributed by atoms with Gasteiger partial charge in [-0.25, -0.2) is 0 Å². The molecule has 0 aliphatic carbocycles. The van der Waals surface area contributed by atoms with Crippen LogP contribution in [0.1, 0.15) is 34.1 Å². The van der Waals surface area contributed by atoms with Gasteiger partial charge in [-0.1, -0.05) is 0 Å². The molecule has 0 saturated carbocycles. The fourth-order valence-corrected chi connectivity index (χ4v) is 4.06. The molecule has 3 heteroatoms. The van der Waals surface area contributed by atoms with Crippen LogP contribution in [0.25, 0.3) is 0 Å². The summed E-state index contributed by atoms with van der Waals surface area (Å²) in [6.07, 6.45) is 1.89. The van der Waals surface area contributed by atoms with Crippen molar-refractivity contribution in [1.82, 2.24) is 5.32 Å². The van der Waals surface area contributed by atoms with E-state index in [1.54, 1.807) is 0 Å². The lowest BCUT2D eigenvalue weighted by atomic mass is 10.0. The van der Waals surface area contributed by atoms with Gasteiger partial charge in [-0.2, -0.15) is 0 Å². The van der Waals surface area contributed by atoms with Crippen LogP contribution in [-0.2, 0) is 4.74 Å². The molecule has 2 fully saturated rings. The van der Waals surface area contributed by atoms with Crippen molar-refractivity contribution in [2.75, 3.05) is 5.75 Å². The highest BCUT2D eigenvalue weighted by Crippen LogP contribution is 2.46. The fraction of sp³-hybridized carbons (Fsp3) is 1.00. The maximum absolute atomic E-state index is 5.81. The minimum absolute atomic E-state index is 0.197. The second-order valence-electron chi connectivity index (χ2n) is 4.98. The molecule has 0 aromatic rings. The second kappa shape index (κ2) is 2.88. The second-order valence-corrected chi connectivity index (χ2v) is 6.29. The summed E-state index contributed by atoms with van der Waals surface area (Å²) in [6, 6.07) is 0. The smallest absolute Gasteiger partial charge is 0.0937 e. The summed E-state index contributed by atoms with van der Waals surface area (Å²) < 4.78 is 5.81. The topological polar surface area (TPSA) is 21.3 Å². The Kier molecular flexibility index (Phi) is 2.17. The molecule has 0 radical (unpaired) electrons. The average molecular weight is 201 g/mol. The highest BCUT2D eigenvalue weighted by atomic mass is 32.2. The van der Waals surface area contributed by atoms with E-state index in [4.69, 9.17) is 4.74 Å². The number of ether oxygens (including phenoxy) is 1. The van der Waals surface area contributed by atoms with Gasteiger partial charge in [0.1, 0.15) is 0 Å². The molecular formula is C10H19NOS. The zero-order valence-electron chi connectivity index (χ0n) is 8.89. The average Bonchev–Trinajstić information content (AvgIpc) is 2.38. The van der Waals surface area contributed by atoms with Crippen molar-refractivity contribution in [2.45, 2.75) is 56.7 Å². The zero-order chi connectivity index (χ0) is 9.69. The third kappa shape index (κ3) is 1.62. The molecule has 2 rings (SSSR count). The Morgan fingerprint density at radius 3 is 2.46 bits per heavy atom. The van der Waals surface area contributed by atoms with E-state index < -0.39 is 0 Å². The fourth-order valence-electron chi connectivity index (χ4n) is 2.38. The zero-order valence-corrected chi connectivity index (χ0v) is 9.70. The van der Waals surface area contributed by atoms with E-state index in [1.165, 1.54) is 5.75 Å².